The van der Waals surface area contributed by atoms with Crippen molar-refractivity contribution in [2.24, 2.45) is 0 Å². The van der Waals surface area contributed by atoms with E-state index in [1.807, 2.05) is 6.07 Å². The highest BCUT2D eigenvalue weighted by molar-refractivity contribution is 5.81. The number of aliphatic hydroxyl groups is 1. The average molecular weight is 264 g/mol. The Morgan fingerprint density at radius 1 is 1.53 bits per heavy atom. The van der Waals surface area contributed by atoms with Crippen molar-refractivity contribution in [2.75, 3.05) is 13.2 Å². The Bertz CT molecular complexity index is 520. The van der Waals surface area contributed by atoms with E-state index in [1.165, 1.54) is 31.2 Å². The number of benzene rings is 1. The van der Waals surface area contributed by atoms with Crippen LogP contribution in [0.15, 0.2) is 24.3 Å². The lowest BCUT2D eigenvalue weighted by atomic mass is 9.93. The first-order valence-electron chi connectivity index (χ1n) is 5.46. The van der Waals surface area contributed by atoms with E-state index >= 15 is 0 Å². The Kier molecular flexibility index (Phi) is 4.56. The maximum atomic E-state index is 11.7. The molecule has 0 unspecified atom stereocenters. The molecule has 0 spiro atoms. The molecule has 0 fully saturated rings. The summed E-state index contributed by atoms with van der Waals surface area (Å²) in [6, 6.07) is 7.17. The summed E-state index contributed by atoms with van der Waals surface area (Å²) in [6.07, 6.45) is 0. The van der Waals surface area contributed by atoms with E-state index < -0.39 is 23.0 Å². The van der Waals surface area contributed by atoms with Crippen LogP contribution in [0.4, 0.5) is 0 Å². The van der Waals surface area contributed by atoms with Crippen LogP contribution >= 0.6 is 0 Å². The van der Waals surface area contributed by atoms with Gasteiger partial charge in [0.25, 0.3) is 5.60 Å². The molecule has 0 bridgehead atoms. The highest BCUT2D eigenvalue weighted by Crippen LogP contribution is 2.24. The number of nitro groups is 1. The van der Waals surface area contributed by atoms with E-state index in [0.29, 0.717) is 5.56 Å². The summed E-state index contributed by atoms with van der Waals surface area (Å²) in [5, 5.41) is 29.5. The van der Waals surface area contributed by atoms with Gasteiger partial charge in [0, 0.05) is 10.5 Å². The first kappa shape index (κ1) is 14.6. The zero-order valence-electron chi connectivity index (χ0n) is 10.2. The van der Waals surface area contributed by atoms with Gasteiger partial charge >= 0.3 is 5.97 Å². The first-order chi connectivity index (χ1) is 8.93. The average Bonchev–Trinajstić information content (AvgIpc) is 2.38. The molecule has 1 rings (SSSR count). The molecule has 1 atom stereocenters. The van der Waals surface area contributed by atoms with Gasteiger partial charge < -0.3 is 9.84 Å². The molecular formula is C12H12N2O5. The maximum Gasteiger partial charge on any atom is 0.349 e. The number of nitriles is 1. The van der Waals surface area contributed by atoms with E-state index in [2.05, 4.69) is 4.74 Å². The van der Waals surface area contributed by atoms with Gasteiger partial charge in [0.05, 0.1) is 18.2 Å². The zero-order chi connectivity index (χ0) is 14.5. The van der Waals surface area contributed by atoms with Gasteiger partial charge in [-0.05, 0) is 19.1 Å². The summed E-state index contributed by atoms with van der Waals surface area (Å²) < 4.78 is 4.66. The Hall–Kier alpha value is -2.46. The van der Waals surface area contributed by atoms with Crippen LogP contribution in [0.25, 0.3) is 0 Å². The van der Waals surface area contributed by atoms with Gasteiger partial charge in [0.15, 0.2) is 0 Å². The molecule has 0 radical (unpaired) electrons. The fraction of sp³-hybridized carbons (Fsp3) is 0.333. The second-order valence-electron chi connectivity index (χ2n) is 3.76. The Labute approximate surface area is 109 Å². The van der Waals surface area contributed by atoms with E-state index in [1.54, 1.807) is 0 Å². The van der Waals surface area contributed by atoms with Gasteiger partial charge in [-0.1, -0.05) is 12.1 Å². The molecule has 0 heterocycles. The lowest BCUT2D eigenvalue weighted by molar-refractivity contribution is -0.499. The summed E-state index contributed by atoms with van der Waals surface area (Å²) in [5.74, 6) is -1.09. The molecule has 1 aromatic carbocycles. The second-order valence-corrected chi connectivity index (χ2v) is 3.76. The standard InChI is InChI=1S/C12H12N2O5/c1-2-19-11(15)12(16,8-14(17)18)10-5-3-9(7-13)4-6-10/h3-6,16H,2,8H2,1H3/t12-/m0/s1. The van der Waals surface area contributed by atoms with E-state index in [0.717, 1.165) is 0 Å². The summed E-state index contributed by atoms with van der Waals surface area (Å²) in [6.45, 7) is 0.524. The molecule has 0 aliphatic heterocycles. The maximum absolute atomic E-state index is 11.7. The van der Waals surface area contributed by atoms with Crippen molar-refractivity contribution in [2.45, 2.75) is 12.5 Å². The van der Waals surface area contributed by atoms with Crippen molar-refractivity contribution >= 4 is 5.97 Å². The number of carbonyl (C=O) groups excluding carboxylic acids is 1. The van der Waals surface area contributed by atoms with Crippen LogP contribution in [0.1, 0.15) is 18.1 Å². The third-order valence-corrected chi connectivity index (χ3v) is 2.46. The summed E-state index contributed by atoms with van der Waals surface area (Å²) >= 11 is 0. The largest absolute Gasteiger partial charge is 0.463 e. The number of ether oxygens (including phenoxy) is 1. The monoisotopic (exact) mass is 264 g/mol. The minimum Gasteiger partial charge on any atom is -0.463 e. The summed E-state index contributed by atoms with van der Waals surface area (Å²) in [5.41, 5.74) is -2.02. The number of hydrogen-bond donors (Lipinski definition) is 1. The molecule has 0 saturated heterocycles. The smallest absolute Gasteiger partial charge is 0.349 e. The minimum absolute atomic E-state index is 0.00482. The van der Waals surface area contributed by atoms with Crippen molar-refractivity contribution < 1.29 is 19.6 Å². The molecule has 0 aliphatic rings. The zero-order valence-corrected chi connectivity index (χ0v) is 10.2. The highest BCUT2D eigenvalue weighted by Gasteiger charge is 2.45. The molecule has 1 N–H and O–H groups in total. The lowest BCUT2D eigenvalue weighted by Crippen LogP contribution is -2.43. The number of esters is 1. The van der Waals surface area contributed by atoms with E-state index in [9.17, 15) is 20.0 Å². The van der Waals surface area contributed by atoms with Gasteiger partial charge in [-0.25, -0.2) is 4.79 Å². The fourth-order valence-corrected chi connectivity index (χ4v) is 1.53. The van der Waals surface area contributed by atoms with Crippen molar-refractivity contribution in [1.82, 2.24) is 0 Å². The number of carbonyl (C=O) groups is 1. The van der Waals surface area contributed by atoms with Crippen molar-refractivity contribution in [3.63, 3.8) is 0 Å². The molecule has 7 nitrogen and oxygen atoms in total. The Morgan fingerprint density at radius 2 is 2.11 bits per heavy atom. The van der Waals surface area contributed by atoms with Gasteiger partial charge in [-0.15, -0.1) is 0 Å². The molecular weight excluding hydrogens is 252 g/mol. The lowest BCUT2D eigenvalue weighted by Gasteiger charge is -2.22. The molecule has 0 aliphatic carbocycles. The Balaban J connectivity index is 3.18. The fourth-order valence-electron chi connectivity index (χ4n) is 1.53. The van der Waals surface area contributed by atoms with Crippen LogP contribution in [0.5, 0.6) is 0 Å². The van der Waals surface area contributed by atoms with Crippen LogP contribution in [0.2, 0.25) is 0 Å². The van der Waals surface area contributed by atoms with Gasteiger partial charge in [0.2, 0.25) is 6.54 Å². The number of hydrogen-bond acceptors (Lipinski definition) is 6. The van der Waals surface area contributed by atoms with Crippen LogP contribution < -0.4 is 0 Å². The predicted molar refractivity (Wildman–Crippen MR) is 63.5 cm³/mol. The van der Waals surface area contributed by atoms with Gasteiger partial charge in [-0.2, -0.15) is 5.26 Å². The normalized spacial score (nSPS) is 13.1. The Morgan fingerprint density at radius 3 is 2.53 bits per heavy atom. The topological polar surface area (TPSA) is 113 Å². The predicted octanol–water partition coefficient (Wildman–Crippen LogP) is 0.586. The molecule has 19 heavy (non-hydrogen) atoms. The van der Waals surface area contributed by atoms with Crippen LogP contribution in [0.3, 0.4) is 0 Å². The third kappa shape index (κ3) is 3.26. The van der Waals surface area contributed by atoms with Gasteiger partial charge in [-0.3, -0.25) is 10.1 Å². The quantitative estimate of drug-likeness (QED) is 0.473. The van der Waals surface area contributed by atoms with E-state index in [4.69, 9.17) is 5.26 Å². The van der Waals surface area contributed by atoms with E-state index in [-0.39, 0.29) is 12.2 Å². The van der Waals surface area contributed by atoms with Crippen molar-refractivity contribution in [3.8, 4) is 6.07 Å². The van der Waals surface area contributed by atoms with Crippen molar-refractivity contribution in [3.05, 3.63) is 45.5 Å². The van der Waals surface area contributed by atoms with Gasteiger partial charge in [0.1, 0.15) is 0 Å². The molecule has 0 saturated carbocycles. The number of rotatable bonds is 5. The summed E-state index contributed by atoms with van der Waals surface area (Å²) in [4.78, 5) is 21.5. The van der Waals surface area contributed by atoms with Crippen LogP contribution in [-0.4, -0.2) is 29.2 Å². The third-order valence-electron chi connectivity index (χ3n) is 2.46. The molecule has 0 amide bonds. The highest BCUT2D eigenvalue weighted by atomic mass is 16.6. The van der Waals surface area contributed by atoms with Crippen LogP contribution in [-0.2, 0) is 15.1 Å². The molecule has 1 aromatic rings. The molecule has 0 aromatic heterocycles. The minimum atomic E-state index is -2.35. The second kappa shape index (κ2) is 5.93. The molecule has 100 valence electrons. The summed E-state index contributed by atoms with van der Waals surface area (Å²) in [7, 11) is 0. The van der Waals surface area contributed by atoms with Crippen molar-refractivity contribution in [1.29, 1.82) is 5.26 Å². The first-order valence-corrected chi connectivity index (χ1v) is 5.46. The number of nitrogens with zero attached hydrogens (tertiary/aromatic N) is 2. The molecule has 7 heteroatoms. The van der Waals surface area contributed by atoms with Crippen LogP contribution in [0, 0.1) is 21.4 Å². The SMILES string of the molecule is CCOC(=O)[C@](O)(C[N+](=O)[O-])c1ccc(C#N)cc1.